The maximum atomic E-state index is 2.34. The van der Waals surface area contributed by atoms with E-state index in [1.807, 2.05) is 23.5 Å². The third kappa shape index (κ3) is 2.06. The van der Waals surface area contributed by atoms with Crippen LogP contribution in [0.15, 0.2) is 105 Å². The van der Waals surface area contributed by atoms with Gasteiger partial charge in [-0.1, -0.05) is 96.3 Å². The van der Waals surface area contributed by atoms with Crippen molar-refractivity contribution in [3.8, 4) is 0 Å². The number of rotatable bonds is 0. The molecular formula is C24H14S2. The summed E-state index contributed by atoms with van der Waals surface area (Å²) in [5, 5.41) is 8.04. The van der Waals surface area contributed by atoms with E-state index >= 15 is 0 Å². The molecule has 2 heteroatoms. The Morgan fingerprint density at radius 1 is 0.423 bits per heavy atom. The molecule has 0 aliphatic carbocycles. The predicted octanol–water partition coefficient (Wildman–Crippen LogP) is 7.76. The van der Waals surface area contributed by atoms with E-state index in [2.05, 4.69) is 84.9 Å². The summed E-state index contributed by atoms with van der Waals surface area (Å²) in [5.41, 5.74) is 0. The van der Waals surface area contributed by atoms with E-state index in [0.29, 0.717) is 0 Å². The minimum Gasteiger partial charge on any atom is -0.0870 e. The highest BCUT2D eigenvalue weighted by molar-refractivity contribution is 8.05. The molecule has 0 bridgehead atoms. The highest BCUT2D eigenvalue weighted by Gasteiger charge is 2.22. The van der Waals surface area contributed by atoms with Gasteiger partial charge < -0.3 is 0 Å². The standard InChI is InChI=1S/C24H14S2/c1-2-8-16-14-22-21(13-15(16)7-1)25-23-19-11-5-3-9-17(19)18-10-4-6-12-20(18)24(23)26-22/h1-14H. The first-order valence-corrected chi connectivity index (χ1v) is 10.3. The predicted molar refractivity (Wildman–Crippen MR) is 114 cm³/mol. The minimum atomic E-state index is 1.31. The fourth-order valence-electron chi connectivity index (χ4n) is 3.86. The van der Waals surface area contributed by atoms with Crippen molar-refractivity contribution in [2.45, 2.75) is 19.6 Å². The average Bonchev–Trinajstić information content (AvgIpc) is 2.71. The third-order valence-electron chi connectivity index (χ3n) is 5.08. The Balaban J connectivity index is 1.70. The highest BCUT2D eigenvalue weighted by Crippen LogP contribution is 2.54. The van der Waals surface area contributed by atoms with E-state index in [9.17, 15) is 0 Å². The molecule has 0 saturated carbocycles. The van der Waals surface area contributed by atoms with Crippen molar-refractivity contribution in [2.75, 3.05) is 0 Å². The molecular weight excluding hydrogens is 352 g/mol. The van der Waals surface area contributed by atoms with Crippen molar-refractivity contribution >= 4 is 55.8 Å². The van der Waals surface area contributed by atoms with Crippen LogP contribution in [0.4, 0.5) is 0 Å². The van der Waals surface area contributed by atoms with E-state index < -0.39 is 0 Å². The van der Waals surface area contributed by atoms with Crippen molar-refractivity contribution in [2.24, 2.45) is 0 Å². The Kier molecular flexibility index (Phi) is 3.13. The minimum absolute atomic E-state index is 1.31. The maximum Gasteiger partial charge on any atom is 0.0347 e. The summed E-state index contributed by atoms with van der Waals surface area (Å²) in [6.07, 6.45) is 0. The Labute approximate surface area is 160 Å². The average molecular weight is 367 g/mol. The van der Waals surface area contributed by atoms with Crippen LogP contribution >= 0.6 is 23.5 Å². The van der Waals surface area contributed by atoms with Crippen LogP contribution in [0.25, 0.3) is 32.3 Å². The first kappa shape index (κ1) is 14.7. The van der Waals surface area contributed by atoms with Gasteiger partial charge in [-0.15, -0.1) is 0 Å². The first-order chi connectivity index (χ1) is 12.9. The van der Waals surface area contributed by atoms with Gasteiger partial charge in [0.1, 0.15) is 0 Å². The molecule has 1 aliphatic rings. The molecule has 1 aliphatic heterocycles. The molecule has 122 valence electrons. The lowest BCUT2D eigenvalue weighted by molar-refractivity contribution is 1.21. The first-order valence-electron chi connectivity index (χ1n) is 8.70. The maximum absolute atomic E-state index is 2.34. The molecule has 0 nitrogen and oxygen atoms in total. The Hall–Kier alpha value is -2.42. The van der Waals surface area contributed by atoms with Gasteiger partial charge in [0, 0.05) is 19.6 Å². The van der Waals surface area contributed by atoms with Crippen LogP contribution in [0.2, 0.25) is 0 Å². The van der Waals surface area contributed by atoms with Gasteiger partial charge in [0.2, 0.25) is 0 Å². The van der Waals surface area contributed by atoms with Crippen molar-refractivity contribution < 1.29 is 0 Å². The van der Waals surface area contributed by atoms with E-state index in [1.165, 1.54) is 51.9 Å². The zero-order valence-electron chi connectivity index (χ0n) is 13.9. The summed E-state index contributed by atoms with van der Waals surface area (Å²) in [6, 6.07) is 30.9. The van der Waals surface area contributed by atoms with Gasteiger partial charge in [0.05, 0.1) is 0 Å². The van der Waals surface area contributed by atoms with Gasteiger partial charge in [0.15, 0.2) is 0 Å². The third-order valence-corrected chi connectivity index (χ3v) is 7.71. The largest absolute Gasteiger partial charge is 0.0870 e. The Bertz CT molecular complexity index is 1230. The second-order valence-electron chi connectivity index (χ2n) is 6.60. The molecule has 0 unspecified atom stereocenters. The molecule has 5 aromatic rings. The Morgan fingerprint density at radius 2 is 0.808 bits per heavy atom. The number of hydrogen-bond donors (Lipinski definition) is 0. The highest BCUT2D eigenvalue weighted by atomic mass is 32.2. The molecule has 0 fully saturated rings. The topological polar surface area (TPSA) is 0 Å². The molecule has 0 saturated heterocycles. The zero-order chi connectivity index (χ0) is 17.1. The molecule has 0 aromatic heterocycles. The second-order valence-corrected chi connectivity index (χ2v) is 8.70. The summed E-state index contributed by atoms with van der Waals surface area (Å²) >= 11 is 3.84. The summed E-state index contributed by atoms with van der Waals surface area (Å²) in [6.45, 7) is 0. The van der Waals surface area contributed by atoms with Gasteiger partial charge >= 0.3 is 0 Å². The summed E-state index contributed by atoms with van der Waals surface area (Å²) in [5.74, 6) is 0. The van der Waals surface area contributed by atoms with Crippen molar-refractivity contribution in [1.29, 1.82) is 0 Å². The van der Waals surface area contributed by atoms with Crippen molar-refractivity contribution in [3.05, 3.63) is 84.9 Å². The molecule has 6 rings (SSSR count). The zero-order valence-corrected chi connectivity index (χ0v) is 15.5. The van der Waals surface area contributed by atoms with Crippen LogP contribution in [-0.4, -0.2) is 0 Å². The number of benzene rings is 5. The normalized spacial score (nSPS) is 13.1. The van der Waals surface area contributed by atoms with E-state index in [1.54, 1.807) is 0 Å². The molecule has 5 aromatic carbocycles. The van der Waals surface area contributed by atoms with Crippen molar-refractivity contribution in [1.82, 2.24) is 0 Å². The smallest absolute Gasteiger partial charge is 0.0347 e. The molecule has 0 amide bonds. The molecule has 0 spiro atoms. The van der Waals surface area contributed by atoms with Gasteiger partial charge in [0.25, 0.3) is 0 Å². The van der Waals surface area contributed by atoms with Crippen LogP contribution in [0.3, 0.4) is 0 Å². The van der Waals surface area contributed by atoms with E-state index in [-0.39, 0.29) is 0 Å². The van der Waals surface area contributed by atoms with Gasteiger partial charge in [-0.3, -0.25) is 0 Å². The second kappa shape index (κ2) is 5.54. The summed E-state index contributed by atoms with van der Waals surface area (Å²) in [7, 11) is 0. The van der Waals surface area contributed by atoms with E-state index in [4.69, 9.17) is 0 Å². The Morgan fingerprint density at radius 3 is 1.27 bits per heavy atom. The lowest BCUT2D eigenvalue weighted by Crippen LogP contribution is -1.93. The summed E-state index contributed by atoms with van der Waals surface area (Å²) in [4.78, 5) is 5.52. The lowest BCUT2D eigenvalue weighted by atomic mass is 10.0. The summed E-state index contributed by atoms with van der Waals surface area (Å²) < 4.78 is 0. The number of hydrogen-bond acceptors (Lipinski definition) is 2. The van der Waals surface area contributed by atoms with Gasteiger partial charge in [-0.05, 0) is 44.5 Å². The fourth-order valence-corrected chi connectivity index (χ4v) is 6.47. The SMILES string of the molecule is c1ccc2cc3c(cc2c1)Sc1c(c2ccccc2c2ccccc12)S3. The monoisotopic (exact) mass is 366 g/mol. The van der Waals surface area contributed by atoms with Gasteiger partial charge in [-0.25, -0.2) is 0 Å². The van der Waals surface area contributed by atoms with E-state index in [0.717, 1.165) is 0 Å². The number of fused-ring (bicyclic) bond motifs is 8. The molecule has 0 radical (unpaired) electrons. The molecule has 0 N–H and O–H groups in total. The molecule has 1 heterocycles. The quantitative estimate of drug-likeness (QED) is 0.252. The fraction of sp³-hybridized carbons (Fsp3) is 0. The van der Waals surface area contributed by atoms with Crippen LogP contribution in [0.5, 0.6) is 0 Å². The lowest BCUT2D eigenvalue weighted by Gasteiger charge is -2.23. The van der Waals surface area contributed by atoms with Crippen LogP contribution in [0, 0.1) is 0 Å². The van der Waals surface area contributed by atoms with Crippen LogP contribution < -0.4 is 0 Å². The molecule has 0 atom stereocenters. The molecule has 26 heavy (non-hydrogen) atoms. The van der Waals surface area contributed by atoms with Crippen molar-refractivity contribution in [3.63, 3.8) is 0 Å². The van der Waals surface area contributed by atoms with Crippen LogP contribution in [0.1, 0.15) is 0 Å². The van der Waals surface area contributed by atoms with Gasteiger partial charge in [-0.2, -0.15) is 0 Å². The van der Waals surface area contributed by atoms with Crippen LogP contribution in [-0.2, 0) is 0 Å².